The fourth-order valence-electron chi connectivity index (χ4n) is 2.13. The van der Waals surface area contributed by atoms with Gasteiger partial charge in [-0.3, -0.25) is 4.79 Å². The number of amides is 1. The summed E-state index contributed by atoms with van der Waals surface area (Å²) in [6, 6.07) is 0. The third-order valence-corrected chi connectivity index (χ3v) is 4.32. The average molecular weight is 242 g/mol. The number of rotatable bonds is 4. The Labute approximate surface area is 103 Å². The Balaban J connectivity index is 2.74. The molecule has 1 heterocycles. The molecule has 0 saturated carbocycles. The summed E-state index contributed by atoms with van der Waals surface area (Å²) < 4.78 is 0. The fourth-order valence-corrected chi connectivity index (χ4v) is 2.36. The minimum Gasteiger partial charge on any atom is -0.392 e. The molecule has 1 saturated heterocycles. The van der Waals surface area contributed by atoms with Gasteiger partial charge in [0.15, 0.2) is 0 Å². The van der Waals surface area contributed by atoms with Gasteiger partial charge in [-0.2, -0.15) is 0 Å². The highest BCUT2D eigenvalue weighted by molar-refractivity contribution is 7.80. The van der Waals surface area contributed by atoms with Crippen molar-refractivity contribution in [2.45, 2.75) is 40.0 Å². The number of nitrogens with zero attached hydrogens (tertiary/aromatic N) is 1. The summed E-state index contributed by atoms with van der Waals surface area (Å²) >= 11 is 5.03. The van der Waals surface area contributed by atoms with Crippen LogP contribution in [0.3, 0.4) is 0 Å². The Hall–Kier alpha value is -0.640. The van der Waals surface area contributed by atoms with E-state index in [1.807, 2.05) is 18.7 Å². The van der Waals surface area contributed by atoms with Gasteiger partial charge in [-0.1, -0.05) is 32.5 Å². The van der Waals surface area contributed by atoms with Crippen LogP contribution in [0.25, 0.3) is 0 Å². The van der Waals surface area contributed by atoms with Crippen molar-refractivity contribution >= 4 is 23.1 Å². The molecule has 3 nitrogen and oxygen atoms in total. The Morgan fingerprint density at radius 1 is 1.56 bits per heavy atom. The lowest BCUT2D eigenvalue weighted by molar-refractivity contribution is -0.136. The monoisotopic (exact) mass is 242 g/mol. The number of hydrogen-bond acceptors (Lipinski definition) is 2. The number of carbonyl (C=O) groups is 1. The maximum absolute atomic E-state index is 12.4. The van der Waals surface area contributed by atoms with E-state index in [9.17, 15) is 4.79 Å². The highest BCUT2D eigenvalue weighted by Gasteiger charge is 2.39. The van der Waals surface area contributed by atoms with Gasteiger partial charge in [-0.25, -0.2) is 0 Å². The highest BCUT2D eigenvalue weighted by atomic mass is 32.1. The van der Waals surface area contributed by atoms with Crippen molar-refractivity contribution in [1.29, 1.82) is 0 Å². The molecular formula is C12H22N2OS. The van der Waals surface area contributed by atoms with Crippen molar-refractivity contribution in [1.82, 2.24) is 4.90 Å². The molecule has 0 aromatic carbocycles. The molecule has 0 aliphatic carbocycles. The van der Waals surface area contributed by atoms with Gasteiger partial charge in [-0.15, -0.1) is 0 Å². The van der Waals surface area contributed by atoms with E-state index in [1.54, 1.807) is 0 Å². The molecule has 92 valence electrons. The minimum absolute atomic E-state index is 0.110. The highest BCUT2D eigenvalue weighted by Crippen LogP contribution is 2.29. The summed E-state index contributed by atoms with van der Waals surface area (Å²) in [5.74, 6) is 0.759. The van der Waals surface area contributed by atoms with Gasteiger partial charge in [-0.05, 0) is 25.7 Å². The predicted octanol–water partition coefficient (Wildman–Crippen LogP) is 1.95. The van der Waals surface area contributed by atoms with Crippen molar-refractivity contribution in [3.63, 3.8) is 0 Å². The summed E-state index contributed by atoms with van der Waals surface area (Å²) in [6.07, 6.45) is 2.92. The summed E-state index contributed by atoms with van der Waals surface area (Å²) in [4.78, 5) is 14.6. The van der Waals surface area contributed by atoms with Crippen LogP contribution in [-0.4, -0.2) is 28.9 Å². The van der Waals surface area contributed by atoms with E-state index in [1.165, 1.54) is 0 Å². The SMILES string of the molecule is CCC1CCN(C(=O)C(C)(CC)C(N)=S)C1. The third-order valence-electron chi connectivity index (χ3n) is 3.87. The zero-order valence-corrected chi connectivity index (χ0v) is 11.3. The molecule has 2 unspecified atom stereocenters. The van der Waals surface area contributed by atoms with Gasteiger partial charge in [0, 0.05) is 13.1 Å². The number of nitrogens with two attached hydrogens (primary N) is 1. The maximum atomic E-state index is 12.4. The Morgan fingerprint density at radius 2 is 2.19 bits per heavy atom. The molecule has 2 N–H and O–H groups in total. The predicted molar refractivity (Wildman–Crippen MR) is 70.2 cm³/mol. The lowest BCUT2D eigenvalue weighted by atomic mass is 9.86. The first-order chi connectivity index (χ1) is 7.45. The van der Waals surface area contributed by atoms with Crippen LogP contribution in [0.2, 0.25) is 0 Å². The average Bonchev–Trinajstić information content (AvgIpc) is 2.75. The van der Waals surface area contributed by atoms with Crippen molar-refractivity contribution < 1.29 is 4.79 Å². The fraction of sp³-hybridized carbons (Fsp3) is 0.833. The Bertz CT molecular complexity index is 293. The van der Waals surface area contributed by atoms with Crippen molar-refractivity contribution in [2.75, 3.05) is 13.1 Å². The van der Waals surface area contributed by atoms with Crippen LogP contribution in [0.5, 0.6) is 0 Å². The molecule has 1 aliphatic heterocycles. The zero-order chi connectivity index (χ0) is 12.3. The summed E-state index contributed by atoms with van der Waals surface area (Å²) in [5, 5.41) is 0. The van der Waals surface area contributed by atoms with Crippen LogP contribution in [0.4, 0.5) is 0 Å². The first-order valence-corrected chi connectivity index (χ1v) is 6.45. The molecule has 1 aliphatic rings. The molecule has 0 aromatic heterocycles. The van der Waals surface area contributed by atoms with Crippen LogP contribution >= 0.6 is 12.2 Å². The molecule has 0 spiro atoms. The van der Waals surface area contributed by atoms with Crippen molar-refractivity contribution in [3.05, 3.63) is 0 Å². The molecule has 16 heavy (non-hydrogen) atoms. The number of likely N-dealkylation sites (tertiary alicyclic amines) is 1. The second kappa shape index (κ2) is 5.13. The van der Waals surface area contributed by atoms with Crippen LogP contribution in [0, 0.1) is 11.3 Å². The molecule has 0 bridgehead atoms. The Kier molecular flexibility index (Phi) is 4.30. The van der Waals surface area contributed by atoms with E-state index in [2.05, 4.69) is 6.92 Å². The standard InChI is InChI=1S/C12H22N2OS/c1-4-9-6-7-14(8-9)11(15)12(3,5-2)10(13)16/h9H,4-8H2,1-3H3,(H2,13,16). The minimum atomic E-state index is -0.655. The van der Waals surface area contributed by atoms with Gasteiger partial charge in [0.2, 0.25) is 5.91 Å². The maximum Gasteiger partial charge on any atom is 0.235 e. The van der Waals surface area contributed by atoms with Crippen LogP contribution in [0.1, 0.15) is 40.0 Å². The van der Waals surface area contributed by atoms with Gasteiger partial charge >= 0.3 is 0 Å². The second-order valence-electron chi connectivity index (χ2n) is 4.86. The quantitative estimate of drug-likeness (QED) is 0.766. The molecule has 4 heteroatoms. The molecule has 0 aromatic rings. The van der Waals surface area contributed by atoms with Crippen LogP contribution in [-0.2, 0) is 4.79 Å². The number of thiocarbonyl (C=S) groups is 1. The molecule has 1 fully saturated rings. The molecule has 0 radical (unpaired) electrons. The lowest BCUT2D eigenvalue weighted by Crippen LogP contribution is -2.47. The first kappa shape index (κ1) is 13.4. The van der Waals surface area contributed by atoms with Crippen molar-refractivity contribution in [3.8, 4) is 0 Å². The number of hydrogen-bond donors (Lipinski definition) is 1. The first-order valence-electron chi connectivity index (χ1n) is 6.05. The summed E-state index contributed by atoms with van der Waals surface area (Å²) in [6.45, 7) is 7.72. The molecule has 2 atom stereocenters. The van der Waals surface area contributed by atoms with Gasteiger partial charge in [0.1, 0.15) is 0 Å². The Morgan fingerprint density at radius 3 is 2.56 bits per heavy atom. The van der Waals surface area contributed by atoms with Gasteiger partial charge in [0.25, 0.3) is 0 Å². The second-order valence-corrected chi connectivity index (χ2v) is 5.30. The largest absolute Gasteiger partial charge is 0.392 e. The molecule has 1 rings (SSSR count). The summed E-state index contributed by atoms with van der Waals surface area (Å²) in [5.41, 5.74) is 5.05. The van der Waals surface area contributed by atoms with E-state index in [0.717, 1.165) is 25.9 Å². The smallest absolute Gasteiger partial charge is 0.235 e. The van der Waals surface area contributed by atoms with E-state index in [4.69, 9.17) is 18.0 Å². The van der Waals surface area contributed by atoms with E-state index >= 15 is 0 Å². The lowest BCUT2D eigenvalue weighted by Gasteiger charge is -2.30. The van der Waals surface area contributed by atoms with Crippen LogP contribution < -0.4 is 5.73 Å². The summed E-state index contributed by atoms with van der Waals surface area (Å²) in [7, 11) is 0. The van der Waals surface area contributed by atoms with E-state index in [0.29, 0.717) is 17.3 Å². The van der Waals surface area contributed by atoms with Crippen molar-refractivity contribution in [2.24, 2.45) is 17.1 Å². The topological polar surface area (TPSA) is 46.3 Å². The van der Waals surface area contributed by atoms with Gasteiger partial charge in [0.05, 0.1) is 10.4 Å². The zero-order valence-electron chi connectivity index (χ0n) is 10.5. The number of carbonyl (C=O) groups excluding carboxylic acids is 1. The van der Waals surface area contributed by atoms with Crippen LogP contribution in [0.15, 0.2) is 0 Å². The van der Waals surface area contributed by atoms with E-state index < -0.39 is 5.41 Å². The van der Waals surface area contributed by atoms with Gasteiger partial charge < -0.3 is 10.6 Å². The normalized spacial score (nSPS) is 24.2. The molecule has 1 amide bonds. The third kappa shape index (κ3) is 2.37. The molecular weight excluding hydrogens is 220 g/mol. The van der Waals surface area contributed by atoms with E-state index in [-0.39, 0.29) is 5.91 Å².